The Kier molecular flexibility index (Phi) is 37.6. The van der Waals surface area contributed by atoms with Gasteiger partial charge in [-0.15, -0.1) is 0 Å². The number of rotatable bonds is 44. The van der Waals surface area contributed by atoms with E-state index in [-0.39, 0.29) is 50.8 Å². The molecule has 0 saturated heterocycles. The van der Waals surface area contributed by atoms with Crippen LogP contribution >= 0.6 is 0 Å². The van der Waals surface area contributed by atoms with Gasteiger partial charge in [0.05, 0.1) is 99.1 Å². The molecule has 0 spiro atoms. The minimum absolute atomic E-state index is 0.0138. The van der Waals surface area contributed by atoms with Gasteiger partial charge >= 0.3 is 6.09 Å². The molecular weight excluding hydrogens is 853 g/mol. The maximum atomic E-state index is 13.4. The SMILES string of the molecule is CCCOCCOCCOCCOCCOCCOCCOCCOCCNC(=O)OCc1ccc(NC(=O)[C@H](CCCCC(N)=O)NC(=O)[C@@H](NC(=O)CCCCNO)C(C)C)cc1. The normalized spacial score (nSPS) is 12.1. The van der Waals surface area contributed by atoms with Gasteiger partial charge in [0.25, 0.3) is 0 Å². The summed E-state index contributed by atoms with van der Waals surface area (Å²) in [5, 5.41) is 19.7. The number of carbonyl (C=O) groups excluding carboxylic acids is 5. The number of hydroxylamine groups is 1. The highest BCUT2D eigenvalue weighted by Crippen LogP contribution is 2.14. The van der Waals surface area contributed by atoms with Gasteiger partial charge in [-0.2, -0.15) is 0 Å². The van der Waals surface area contributed by atoms with E-state index in [0.717, 1.165) is 13.0 Å². The molecule has 0 radical (unpaired) electrons. The van der Waals surface area contributed by atoms with Crippen molar-refractivity contribution in [2.45, 2.75) is 90.8 Å². The van der Waals surface area contributed by atoms with Crippen molar-refractivity contribution in [3.63, 3.8) is 0 Å². The van der Waals surface area contributed by atoms with Crippen LogP contribution in [0.2, 0.25) is 0 Å². The number of nitrogens with two attached hydrogens (primary N) is 1. The lowest BCUT2D eigenvalue weighted by atomic mass is 10.0. The number of hydrogen-bond acceptors (Lipinski definition) is 16. The molecule has 5 amide bonds. The molecule has 0 heterocycles. The summed E-state index contributed by atoms with van der Waals surface area (Å²) in [6.45, 7) is 13.9. The molecular formula is C44H78N6O15. The summed E-state index contributed by atoms with van der Waals surface area (Å²) in [5.41, 5.74) is 8.43. The smallest absolute Gasteiger partial charge is 0.407 e. The maximum Gasteiger partial charge on any atom is 0.407 e. The Hall–Kier alpha value is -4.03. The molecule has 0 bridgehead atoms. The van der Waals surface area contributed by atoms with Gasteiger partial charge in [-0.05, 0) is 55.7 Å². The molecule has 0 aromatic heterocycles. The molecule has 2 atom stereocenters. The molecule has 65 heavy (non-hydrogen) atoms. The van der Waals surface area contributed by atoms with Crippen LogP contribution in [-0.4, -0.2) is 166 Å². The monoisotopic (exact) mass is 931 g/mol. The minimum Gasteiger partial charge on any atom is -0.445 e. The number of primary amides is 1. The Morgan fingerprint density at radius 3 is 1.57 bits per heavy atom. The van der Waals surface area contributed by atoms with Gasteiger partial charge in [0.1, 0.15) is 18.7 Å². The standard InChI is InChI=1S/C44H78N6O15/c1-4-18-57-20-22-59-24-26-61-28-30-63-32-33-64-31-29-62-27-25-60-23-21-58-19-17-46-44(55)65-34-36-12-14-37(15-13-36)48-42(53)38(9-5-6-10-39(45)51)49-43(54)41(35(2)3)50-40(52)11-7-8-16-47-56/h12-15,35,38,41,47,56H,4-11,16-34H2,1-3H3,(H2,45,51)(H,46,55)(H,48,53)(H,49,54)(H,50,52)/t38-,41-/m0/s1. The van der Waals surface area contributed by atoms with Crippen LogP contribution in [-0.2, 0) is 68.4 Å². The zero-order valence-electron chi connectivity index (χ0n) is 38.9. The summed E-state index contributed by atoms with van der Waals surface area (Å²) in [4.78, 5) is 62.7. The van der Waals surface area contributed by atoms with Crippen molar-refractivity contribution >= 4 is 35.4 Å². The van der Waals surface area contributed by atoms with E-state index in [1.165, 1.54) is 0 Å². The third-order valence-corrected chi connectivity index (χ3v) is 9.07. The highest BCUT2D eigenvalue weighted by molar-refractivity contribution is 5.98. The Balaban J connectivity index is 2.20. The molecule has 0 aliphatic rings. The summed E-state index contributed by atoms with van der Waals surface area (Å²) in [7, 11) is 0. The van der Waals surface area contributed by atoms with E-state index < -0.39 is 35.9 Å². The second-order valence-electron chi connectivity index (χ2n) is 15.0. The van der Waals surface area contributed by atoms with Crippen molar-refractivity contribution in [1.82, 2.24) is 21.4 Å². The first-order chi connectivity index (χ1) is 31.6. The van der Waals surface area contributed by atoms with Gasteiger partial charge < -0.3 is 74.8 Å². The second-order valence-corrected chi connectivity index (χ2v) is 15.0. The highest BCUT2D eigenvalue weighted by atomic mass is 16.6. The summed E-state index contributed by atoms with van der Waals surface area (Å²) < 4.78 is 48.9. The minimum atomic E-state index is -0.962. The topological polar surface area (TPSA) is 275 Å². The first-order valence-corrected chi connectivity index (χ1v) is 22.7. The first kappa shape index (κ1) is 59.0. The zero-order chi connectivity index (χ0) is 47.6. The average Bonchev–Trinajstić information content (AvgIpc) is 3.28. The Morgan fingerprint density at radius 1 is 0.600 bits per heavy atom. The number of hydrogen-bond donors (Lipinski definition) is 7. The molecule has 374 valence electrons. The number of alkyl carbamates (subject to hydrolysis) is 1. The fourth-order valence-corrected chi connectivity index (χ4v) is 5.57. The van der Waals surface area contributed by atoms with Crippen LogP contribution < -0.4 is 32.5 Å². The quantitative estimate of drug-likeness (QED) is 0.0365. The fraction of sp³-hybridized carbons (Fsp3) is 0.750. The van der Waals surface area contributed by atoms with Crippen LogP contribution in [0.3, 0.4) is 0 Å². The Morgan fingerprint density at radius 2 is 1.09 bits per heavy atom. The Labute approximate surface area is 384 Å². The molecule has 21 heteroatoms. The zero-order valence-corrected chi connectivity index (χ0v) is 38.9. The number of carbonyl (C=O) groups is 5. The predicted molar refractivity (Wildman–Crippen MR) is 240 cm³/mol. The molecule has 0 fully saturated rings. The summed E-state index contributed by atoms with van der Waals surface area (Å²) in [6, 6.07) is 4.82. The lowest BCUT2D eigenvalue weighted by molar-refractivity contribution is -0.132. The highest BCUT2D eigenvalue weighted by Gasteiger charge is 2.29. The lowest BCUT2D eigenvalue weighted by Gasteiger charge is -2.25. The third kappa shape index (κ3) is 34.9. The molecule has 8 N–H and O–H groups in total. The number of ether oxygens (including phenoxy) is 9. The van der Waals surface area contributed by atoms with Crippen molar-refractivity contribution in [3.8, 4) is 0 Å². The number of anilines is 1. The van der Waals surface area contributed by atoms with E-state index in [0.29, 0.717) is 136 Å². The fourth-order valence-electron chi connectivity index (χ4n) is 5.57. The molecule has 0 saturated carbocycles. The van der Waals surface area contributed by atoms with Crippen molar-refractivity contribution < 1.29 is 71.8 Å². The molecule has 0 aliphatic carbocycles. The first-order valence-electron chi connectivity index (χ1n) is 22.7. The summed E-state index contributed by atoms with van der Waals surface area (Å²) >= 11 is 0. The van der Waals surface area contributed by atoms with Gasteiger partial charge in [-0.1, -0.05) is 39.3 Å². The van der Waals surface area contributed by atoms with Crippen LogP contribution in [0.15, 0.2) is 24.3 Å². The van der Waals surface area contributed by atoms with Gasteiger partial charge in [-0.3, -0.25) is 19.2 Å². The van der Waals surface area contributed by atoms with Gasteiger partial charge in [0.2, 0.25) is 23.6 Å². The largest absolute Gasteiger partial charge is 0.445 e. The third-order valence-electron chi connectivity index (χ3n) is 9.07. The van der Waals surface area contributed by atoms with Crippen molar-refractivity contribution in [2.75, 3.05) is 124 Å². The maximum absolute atomic E-state index is 13.4. The molecule has 1 aromatic carbocycles. The van der Waals surface area contributed by atoms with Crippen LogP contribution in [0.25, 0.3) is 0 Å². The van der Waals surface area contributed by atoms with Crippen LogP contribution in [0, 0.1) is 5.92 Å². The van der Waals surface area contributed by atoms with Gasteiger partial charge in [0.15, 0.2) is 0 Å². The molecule has 0 aliphatic heterocycles. The summed E-state index contributed by atoms with van der Waals surface area (Å²) in [5.74, 6) is -2.04. The van der Waals surface area contributed by atoms with E-state index in [2.05, 4.69) is 28.2 Å². The summed E-state index contributed by atoms with van der Waals surface area (Å²) in [6.07, 6.45) is 2.91. The van der Waals surface area contributed by atoms with Crippen molar-refractivity contribution in [3.05, 3.63) is 29.8 Å². The molecule has 1 aromatic rings. The second kappa shape index (κ2) is 41.4. The number of nitrogens with one attached hydrogen (secondary N) is 5. The van der Waals surface area contributed by atoms with E-state index in [4.69, 9.17) is 53.6 Å². The van der Waals surface area contributed by atoms with Crippen molar-refractivity contribution in [2.24, 2.45) is 11.7 Å². The van der Waals surface area contributed by atoms with Crippen LogP contribution in [0.1, 0.15) is 77.7 Å². The van der Waals surface area contributed by atoms with E-state index in [9.17, 15) is 24.0 Å². The van der Waals surface area contributed by atoms with E-state index >= 15 is 0 Å². The molecule has 1 rings (SSSR count). The average molecular weight is 931 g/mol. The predicted octanol–water partition coefficient (Wildman–Crippen LogP) is 2.21. The number of benzene rings is 1. The molecule has 21 nitrogen and oxygen atoms in total. The lowest BCUT2D eigenvalue weighted by Crippen LogP contribution is -2.54. The van der Waals surface area contributed by atoms with Gasteiger partial charge in [0, 0.05) is 38.2 Å². The van der Waals surface area contributed by atoms with E-state index in [1.807, 2.05) is 5.48 Å². The molecule has 0 unspecified atom stereocenters. The van der Waals surface area contributed by atoms with Gasteiger partial charge in [-0.25, -0.2) is 10.3 Å². The van der Waals surface area contributed by atoms with E-state index in [1.54, 1.807) is 38.1 Å². The van der Waals surface area contributed by atoms with Crippen LogP contribution in [0.4, 0.5) is 10.5 Å². The number of amides is 5. The Bertz CT molecular complexity index is 1380. The van der Waals surface area contributed by atoms with Crippen molar-refractivity contribution in [1.29, 1.82) is 0 Å². The number of unbranched alkanes of at least 4 members (excludes halogenated alkanes) is 2. The van der Waals surface area contributed by atoms with Crippen LogP contribution in [0.5, 0.6) is 0 Å².